The number of aryl methyl sites for hydroxylation is 2. The number of hydrogen-bond donors (Lipinski definition) is 2. The van der Waals surface area contributed by atoms with Crippen LogP contribution in [0, 0.1) is 13.8 Å². The lowest BCUT2D eigenvalue weighted by Gasteiger charge is -2.09. The van der Waals surface area contributed by atoms with Crippen molar-refractivity contribution in [3.05, 3.63) is 29.3 Å². The van der Waals surface area contributed by atoms with Gasteiger partial charge in [0.25, 0.3) is 0 Å². The molecule has 5 heteroatoms. The molecule has 0 atom stereocenters. The zero-order chi connectivity index (χ0) is 14.1. The maximum Gasteiger partial charge on any atom is 0.234 e. The first kappa shape index (κ1) is 16.0. The van der Waals surface area contributed by atoms with Crippen LogP contribution in [0.3, 0.4) is 0 Å². The largest absolute Gasteiger partial charge is 0.379 e. The summed E-state index contributed by atoms with van der Waals surface area (Å²) in [5, 5.41) is 2.92. The fraction of sp³-hybridized carbons (Fsp3) is 0.500. The first-order chi connectivity index (χ1) is 9.13. The highest BCUT2D eigenvalue weighted by Gasteiger charge is 2.04. The molecule has 19 heavy (non-hydrogen) atoms. The van der Waals surface area contributed by atoms with E-state index in [0.717, 1.165) is 17.0 Å². The summed E-state index contributed by atoms with van der Waals surface area (Å²) >= 11 is 1.56. The third-order valence-corrected chi connectivity index (χ3v) is 3.45. The molecule has 1 aromatic carbocycles. The summed E-state index contributed by atoms with van der Waals surface area (Å²) in [6.07, 6.45) is 0. The van der Waals surface area contributed by atoms with Crippen LogP contribution in [-0.2, 0) is 9.53 Å². The molecule has 0 bridgehead atoms. The van der Waals surface area contributed by atoms with Gasteiger partial charge < -0.3 is 15.8 Å². The Hall–Kier alpha value is -1.04. The first-order valence-electron chi connectivity index (χ1n) is 6.36. The van der Waals surface area contributed by atoms with E-state index in [9.17, 15) is 4.79 Å². The summed E-state index contributed by atoms with van der Waals surface area (Å²) in [7, 11) is 0. The van der Waals surface area contributed by atoms with Gasteiger partial charge in [-0.3, -0.25) is 4.79 Å². The Bertz CT molecular complexity index is 410. The van der Waals surface area contributed by atoms with Gasteiger partial charge >= 0.3 is 0 Å². The van der Waals surface area contributed by atoms with Gasteiger partial charge in [0.15, 0.2) is 0 Å². The Morgan fingerprint density at radius 1 is 1.37 bits per heavy atom. The normalized spacial score (nSPS) is 10.5. The number of thioether (sulfide) groups is 1. The average Bonchev–Trinajstić information content (AvgIpc) is 2.37. The number of benzene rings is 1. The second-order valence-electron chi connectivity index (χ2n) is 4.32. The monoisotopic (exact) mass is 282 g/mol. The van der Waals surface area contributed by atoms with Crippen LogP contribution in [0.1, 0.15) is 11.1 Å². The van der Waals surface area contributed by atoms with Gasteiger partial charge in [-0.05, 0) is 25.5 Å². The van der Waals surface area contributed by atoms with Crippen molar-refractivity contribution in [2.75, 3.05) is 36.6 Å². The van der Waals surface area contributed by atoms with Crippen LogP contribution in [0.25, 0.3) is 0 Å². The minimum atomic E-state index is 0.0239. The molecule has 0 aliphatic heterocycles. The maximum absolute atomic E-state index is 11.7. The predicted molar refractivity (Wildman–Crippen MR) is 81.7 cm³/mol. The number of amides is 1. The second-order valence-corrected chi connectivity index (χ2v) is 5.43. The lowest BCUT2D eigenvalue weighted by atomic mass is 10.1. The fourth-order valence-corrected chi connectivity index (χ4v) is 2.25. The van der Waals surface area contributed by atoms with Gasteiger partial charge in [-0.2, -0.15) is 0 Å². The van der Waals surface area contributed by atoms with Gasteiger partial charge in [0.05, 0.1) is 19.0 Å². The number of hydrogen-bond acceptors (Lipinski definition) is 4. The molecule has 1 aromatic rings. The zero-order valence-corrected chi connectivity index (χ0v) is 12.4. The van der Waals surface area contributed by atoms with E-state index in [1.165, 1.54) is 5.56 Å². The van der Waals surface area contributed by atoms with Gasteiger partial charge in [-0.15, -0.1) is 11.8 Å². The molecule has 4 nitrogen and oxygen atoms in total. The molecule has 106 valence electrons. The molecule has 0 saturated carbocycles. The summed E-state index contributed by atoms with van der Waals surface area (Å²) in [5.74, 6) is 1.27. The third-order valence-electron chi connectivity index (χ3n) is 2.52. The molecule has 0 unspecified atom stereocenters. The molecular weight excluding hydrogens is 260 g/mol. The predicted octanol–water partition coefficient (Wildman–Crippen LogP) is 1.95. The molecule has 0 heterocycles. The van der Waals surface area contributed by atoms with E-state index in [1.54, 1.807) is 11.8 Å². The zero-order valence-electron chi connectivity index (χ0n) is 11.6. The smallest absolute Gasteiger partial charge is 0.234 e. The molecular formula is C14H22N2O2S. The fourth-order valence-electron chi connectivity index (χ4n) is 1.61. The minimum Gasteiger partial charge on any atom is -0.379 e. The van der Waals surface area contributed by atoms with Crippen LogP contribution < -0.4 is 11.1 Å². The quantitative estimate of drug-likeness (QED) is 0.715. The number of rotatable bonds is 8. The lowest BCUT2D eigenvalue weighted by Crippen LogP contribution is -2.16. The van der Waals surface area contributed by atoms with E-state index < -0.39 is 0 Å². The van der Waals surface area contributed by atoms with Crippen molar-refractivity contribution in [3.8, 4) is 0 Å². The number of carbonyl (C=O) groups excluding carboxylic acids is 1. The van der Waals surface area contributed by atoms with Crippen molar-refractivity contribution in [2.24, 2.45) is 5.73 Å². The molecule has 1 amide bonds. The minimum absolute atomic E-state index is 0.0239. The van der Waals surface area contributed by atoms with Gasteiger partial charge in [0.2, 0.25) is 5.91 Å². The van der Waals surface area contributed by atoms with Crippen molar-refractivity contribution in [1.82, 2.24) is 0 Å². The summed E-state index contributed by atoms with van der Waals surface area (Å²) in [4.78, 5) is 11.7. The van der Waals surface area contributed by atoms with Crippen molar-refractivity contribution >= 4 is 23.4 Å². The number of ether oxygens (including phenoxy) is 1. The third kappa shape index (κ3) is 6.61. The van der Waals surface area contributed by atoms with Gasteiger partial charge in [0, 0.05) is 18.0 Å². The molecule has 1 rings (SSSR count). The van der Waals surface area contributed by atoms with Crippen LogP contribution in [-0.4, -0.2) is 37.2 Å². The molecule has 0 aromatic heterocycles. The van der Waals surface area contributed by atoms with Crippen molar-refractivity contribution in [2.45, 2.75) is 13.8 Å². The maximum atomic E-state index is 11.7. The number of nitrogens with two attached hydrogens (primary N) is 1. The highest BCUT2D eigenvalue weighted by atomic mass is 32.2. The van der Waals surface area contributed by atoms with E-state index >= 15 is 0 Å². The lowest BCUT2D eigenvalue weighted by molar-refractivity contribution is -0.113. The Kier molecular flexibility index (Phi) is 7.55. The van der Waals surface area contributed by atoms with Crippen molar-refractivity contribution in [3.63, 3.8) is 0 Å². The van der Waals surface area contributed by atoms with E-state index in [4.69, 9.17) is 10.5 Å². The van der Waals surface area contributed by atoms with Crippen LogP contribution in [0.2, 0.25) is 0 Å². The Labute approximate surface area is 119 Å². The van der Waals surface area contributed by atoms with E-state index in [1.807, 2.05) is 26.0 Å². The van der Waals surface area contributed by atoms with Crippen molar-refractivity contribution in [1.29, 1.82) is 0 Å². The topological polar surface area (TPSA) is 64.3 Å². The van der Waals surface area contributed by atoms with Crippen LogP contribution in [0.5, 0.6) is 0 Å². The summed E-state index contributed by atoms with van der Waals surface area (Å²) < 4.78 is 5.24. The molecule has 0 spiro atoms. The summed E-state index contributed by atoms with van der Waals surface area (Å²) in [6, 6.07) is 6.00. The molecule has 0 fully saturated rings. The molecule has 0 aliphatic carbocycles. The summed E-state index contributed by atoms with van der Waals surface area (Å²) in [5.41, 5.74) is 8.47. The Morgan fingerprint density at radius 2 is 2.16 bits per heavy atom. The standard InChI is InChI=1S/C14H22N2O2S/c1-11-3-4-13(12(2)9-11)16-14(17)10-19-8-7-18-6-5-15/h3-4,9H,5-8,10,15H2,1-2H3,(H,16,17). The van der Waals surface area contributed by atoms with Crippen LogP contribution in [0.4, 0.5) is 5.69 Å². The van der Waals surface area contributed by atoms with E-state index in [2.05, 4.69) is 11.4 Å². The van der Waals surface area contributed by atoms with E-state index in [-0.39, 0.29) is 5.91 Å². The van der Waals surface area contributed by atoms with Gasteiger partial charge in [-0.1, -0.05) is 17.7 Å². The molecule has 0 aliphatic rings. The van der Waals surface area contributed by atoms with Gasteiger partial charge in [0.1, 0.15) is 0 Å². The number of nitrogens with one attached hydrogen (secondary N) is 1. The van der Waals surface area contributed by atoms with E-state index in [0.29, 0.717) is 25.5 Å². The second kappa shape index (κ2) is 8.96. The molecule has 0 radical (unpaired) electrons. The highest BCUT2D eigenvalue weighted by molar-refractivity contribution is 7.99. The summed E-state index contributed by atoms with van der Waals surface area (Å²) in [6.45, 7) is 5.79. The first-order valence-corrected chi connectivity index (χ1v) is 7.51. The average molecular weight is 282 g/mol. The van der Waals surface area contributed by atoms with Crippen molar-refractivity contribution < 1.29 is 9.53 Å². The number of carbonyl (C=O) groups is 1. The molecule has 3 N–H and O–H groups in total. The van der Waals surface area contributed by atoms with Crippen LogP contribution >= 0.6 is 11.8 Å². The highest BCUT2D eigenvalue weighted by Crippen LogP contribution is 2.16. The number of anilines is 1. The van der Waals surface area contributed by atoms with Crippen LogP contribution in [0.15, 0.2) is 18.2 Å². The molecule has 0 saturated heterocycles. The SMILES string of the molecule is Cc1ccc(NC(=O)CSCCOCCN)c(C)c1. The Balaban J connectivity index is 2.23. The van der Waals surface area contributed by atoms with Gasteiger partial charge in [-0.25, -0.2) is 0 Å². The Morgan fingerprint density at radius 3 is 2.84 bits per heavy atom.